The minimum absolute atomic E-state index is 0.0131. The Hall–Kier alpha value is -0.830. The monoisotopic (exact) mass is 170 g/mol. The second-order valence-electron chi connectivity index (χ2n) is 2.91. The maximum atomic E-state index is 10.7. The summed E-state index contributed by atoms with van der Waals surface area (Å²) in [5.74, 6) is -0.0131. The van der Waals surface area contributed by atoms with Gasteiger partial charge in [-0.05, 0) is 13.5 Å². The van der Waals surface area contributed by atoms with Crippen molar-refractivity contribution in [3.8, 4) is 0 Å². The Labute approximate surface area is 74.2 Å². The van der Waals surface area contributed by atoms with E-state index >= 15 is 0 Å². The standard InChI is InChI=1S/C9H18N2O/c1-5-10-6-9(7(2)3)11-8(4)12/h9-10H,2,5-6H2,1,3-4H3,(H,11,12)/t9-/m0/s1. The molecule has 0 fully saturated rings. The Kier molecular flexibility index (Phi) is 5.37. The molecule has 0 rings (SSSR count). The number of likely N-dealkylation sites (N-methyl/N-ethyl adjacent to an activating group) is 1. The van der Waals surface area contributed by atoms with Crippen LogP contribution in [0.25, 0.3) is 0 Å². The summed E-state index contributed by atoms with van der Waals surface area (Å²) in [6.45, 7) is 10.9. The SMILES string of the molecule is C=C(C)[C@H](CNCC)NC(C)=O. The molecule has 70 valence electrons. The quantitative estimate of drug-likeness (QED) is 0.596. The average Bonchev–Trinajstić information content (AvgIpc) is 1.96. The zero-order chi connectivity index (χ0) is 9.56. The summed E-state index contributed by atoms with van der Waals surface area (Å²) >= 11 is 0. The van der Waals surface area contributed by atoms with Crippen LogP contribution in [0.4, 0.5) is 0 Å². The largest absolute Gasteiger partial charge is 0.349 e. The molecule has 2 N–H and O–H groups in total. The molecule has 0 aliphatic rings. The van der Waals surface area contributed by atoms with Gasteiger partial charge in [-0.3, -0.25) is 4.79 Å². The molecular formula is C9H18N2O. The molecule has 0 saturated carbocycles. The van der Waals surface area contributed by atoms with Crippen molar-refractivity contribution < 1.29 is 4.79 Å². The van der Waals surface area contributed by atoms with Gasteiger partial charge in [0.05, 0.1) is 6.04 Å². The Morgan fingerprint density at radius 3 is 2.42 bits per heavy atom. The number of hydrogen-bond acceptors (Lipinski definition) is 2. The van der Waals surface area contributed by atoms with Crippen molar-refractivity contribution in [2.45, 2.75) is 26.8 Å². The normalized spacial score (nSPS) is 12.2. The molecule has 0 aliphatic heterocycles. The van der Waals surface area contributed by atoms with Crippen molar-refractivity contribution in [3.63, 3.8) is 0 Å². The topological polar surface area (TPSA) is 41.1 Å². The lowest BCUT2D eigenvalue weighted by Crippen LogP contribution is -2.41. The fourth-order valence-corrected chi connectivity index (χ4v) is 0.882. The highest BCUT2D eigenvalue weighted by Gasteiger charge is 2.08. The number of amides is 1. The summed E-state index contributed by atoms with van der Waals surface area (Å²) in [5, 5.41) is 5.97. The van der Waals surface area contributed by atoms with E-state index in [-0.39, 0.29) is 11.9 Å². The molecule has 3 heteroatoms. The molecule has 12 heavy (non-hydrogen) atoms. The van der Waals surface area contributed by atoms with Gasteiger partial charge in [-0.2, -0.15) is 0 Å². The van der Waals surface area contributed by atoms with Gasteiger partial charge in [0.1, 0.15) is 0 Å². The molecule has 1 atom stereocenters. The third kappa shape index (κ3) is 4.91. The summed E-state index contributed by atoms with van der Waals surface area (Å²) in [4.78, 5) is 10.7. The van der Waals surface area contributed by atoms with Crippen LogP contribution in [0.1, 0.15) is 20.8 Å². The highest BCUT2D eigenvalue weighted by atomic mass is 16.1. The predicted octanol–water partition coefficient (Wildman–Crippen LogP) is 0.677. The van der Waals surface area contributed by atoms with Crippen LogP contribution in [-0.4, -0.2) is 25.0 Å². The Balaban J connectivity index is 3.87. The summed E-state index contributed by atoms with van der Waals surface area (Å²) < 4.78 is 0. The predicted molar refractivity (Wildman–Crippen MR) is 51.0 cm³/mol. The van der Waals surface area contributed by atoms with Gasteiger partial charge in [-0.1, -0.05) is 19.1 Å². The van der Waals surface area contributed by atoms with Crippen LogP contribution in [0.2, 0.25) is 0 Å². The lowest BCUT2D eigenvalue weighted by atomic mass is 10.1. The van der Waals surface area contributed by atoms with E-state index < -0.39 is 0 Å². The van der Waals surface area contributed by atoms with Crippen molar-refractivity contribution in [2.75, 3.05) is 13.1 Å². The third-order valence-electron chi connectivity index (χ3n) is 1.57. The van der Waals surface area contributed by atoms with Crippen LogP contribution in [0.5, 0.6) is 0 Å². The summed E-state index contributed by atoms with van der Waals surface area (Å²) in [5.41, 5.74) is 0.978. The Morgan fingerprint density at radius 1 is 1.50 bits per heavy atom. The van der Waals surface area contributed by atoms with Crippen molar-refractivity contribution >= 4 is 5.91 Å². The number of carbonyl (C=O) groups is 1. The van der Waals surface area contributed by atoms with Gasteiger partial charge >= 0.3 is 0 Å². The lowest BCUT2D eigenvalue weighted by Gasteiger charge is -2.17. The summed E-state index contributed by atoms with van der Waals surface area (Å²) in [6, 6.07) is 0.0578. The van der Waals surface area contributed by atoms with Crippen molar-refractivity contribution in [3.05, 3.63) is 12.2 Å². The van der Waals surface area contributed by atoms with E-state index in [1.54, 1.807) is 0 Å². The van der Waals surface area contributed by atoms with Gasteiger partial charge in [-0.25, -0.2) is 0 Å². The molecule has 0 heterocycles. The van der Waals surface area contributed by atoms with Gasteiger partial charge < -0.3 is 10.6 Å². The first kappa shape index (κ1) is 11.2. The van der Waals surface area contributed by atoms with Crippen LogP contribution in [0, 0.1) is 0 Å². The van der Waals surface area contributed by atoms with E-state index in [9.17, 15) is 4.79 Å². The third-order valence-corrected chi connectivity index (χ3v) is 1.57. The van der Waals surface area contributed by atoms with Gasteiger partial charge in [0.15, 0.2) is 0 Å². The minimum atomic E-state index is -0.0131. The van der Waals surface area contributed by atoms with Crippen LogP contribution < -0.4 is 10.6 Å². The maximum Gasteiger partial charge on any atom is 0.217 e. The summed E-state index contributed by atoms with van der Waals surface area (Å²) in [7, 11) is 0. The molecule has 0 aliphatic carbocycles. The number of hydrogen-bond donors (Lipinski definition) is 2. The van der Waals surface area contributed by atoms with E-state index in [1.165, 1.54) is 6.92 Å². The van der Waals surface area contributed by atoms with Crippen LogP contribution >= 0.6 is 0 Å². The Bertz CT molecular complexity index is 166. The van der Waals surface area contributed by atoms with E-state index in [1.807, 2.05) is 13.8 Å². The molecular weight excluding hydrogens is 152 g/mol. The molecule has 0 aromatic heterocycles. The van der Waals surface area contributed by atoms with E-state index in [0.29, 0.717) is 0 Å². The fourth-order valence-electron chi connectivity index (χ4n) is 0.882. The second kappa shape index (κ2) is 5.77. The van der Waals surface area contributed by atoms with Crippen LogP contribution in [0.3, 0.4) is 0 Å². The zero-order valence-corrected chi connectivity index (χ0v) is 8.11. The smallest absolute Gasteiger partial charge is 0.217 e. The van der Waals surface area contributed by atoms with Gasteiger partial charge in [0, 0.05) is 13.5 Å². The number of nitrogens with one attached hydrogen (secondary N) is 2. The van der Waals surface area contributed by atoms with Crippen LogP contribution in [0.15, 0.2) is 12.2 Å². The minimum Gasteiger partial charge on any atom is -0.349 e. The highest BCUT2D eigenvalue weighted by molar-refractivity contribution is 5.73. The molecule has 1 amide bonds. The van der Waals surface area contributed by atoms with Crippen molar-refractivity contribution in [2.24, 2.45) is 0 Å². The van der Waals surface area contributed by atoms with E-state index in [4.69, 9.17) is 0 Å². The molecule has 0 radical (unpaired) electrons. The Morgan fingerprint density at radius 2 is 2.08 bits per heavy atom. The first-order valence-corrected chi connectivity index (χ1v) is 4.21. The van der Waals surface area contributed by atoms with Crippen LogP contribution in [-0.2, 0) is 4.79 Å². The second-order valence-corrected chi connectivity index (χ2v) is 2.91. The molecule has 0 bridgehead atoms. The molecule has 0 unspecified atom stereocenters. The molecule has 0 aromatic rings. The first-order valence-electron chi connectivity index (χ1n) is 4.21. The highest BCUT2D eigenvalue weighted by Crippen LogP contribution is 1.95. The number of rotatable bonds is 5. The average molecular weight is 170 g/mol. The summed E-state index contributed by atoms with van der Waals surface area (Å²) in [6.07, 6.45) is 0. The maximum absolute atomic E-state index is 10.7. The van der Waals surface area contributed by atoms with Gasteiger partial charge in [0.2, 0.25) is 5.91 Å². The van der Waals surface area contributed by atoms with E-state index in [2.05, 4.69) is 17.2 Å². The lowest BCUT2D eigenvalue weighted by molar-refractivity contribution is -0.119. The van der Waals surface area contributed by atoms with E-state index in [0.717, 1.165) is 18.7 Å². The molecule has 0 spiro atoms. The van der Waals surface area contributed by atoms with Gasteiger partial charge in [0.25, 0.3) is 0 Å². The fraction of sp³-hybridized carbons (Fsp3) is 0.667. The molecule has 3 nitrogen and oxygen atoms in total. The number of carbonyl (C=O) groups excluding carboxylic acids is 1. The first-order chi connectivity index (χ1) is 5.57. The van der Waals surface area contributed by atoms with Crippen molar-refractivity contribution in [1.82, 2.24) is 10.6 Å². The van der Waals surface area contributed by atoms with Gasteiger partial charge in [-0.15, -0.1) is 0 Å². The molecule has 0 saturated heterocycles. The molecule has 0 aromatic carbocycles. The zero-order valence-electron chi connectivity index (χ0n) is 8.11. The van der Waals surface area contributed by atoms with Crippen molar-refractivity contribution in [1.29, 1.82) is 0 Å².